The highest BCUT2D eigenvalue weighted by Gasteiger charge is 1.94. The molecule has 2 nitrogen and oxygen atoms in total. The average Bonchev–Trinajstić information content (AvgIpc) is 1.88. The summed E-state index contributed by atoms with van der Waals surface area (Å²) in [5, 5.41) is 10.8. The Morgan fingerprint density at radius 1 is 1.30 bits per heavy atom. The van der Waals surface area contributed by atoms with Crippen LogP contribution in [0.15, 0.2) is 24.3 Å². The van der Waals surface area contributed by atoms with E-state index >= 15 is 0 Å². The number of nitrogens with zero attached hydrogens (tertiary/aromatic N) is 1. The van der Waals surface area contributed by atoms with Crippen LogP contribution < -0.4 is 4.90 Å². The standard InChI is InChI=1S/C8H10NO/c1-9(2)7-4-3-5-8(10)6-7/h3-6H,1-2H3. The summed E-state index contributed by atoms with van der Waals surface area (Å²) in [6.07, 6.45) is 0. The summed E-state index contributed by atoms with van der Waals surface area (Å²) in [4.78, 5) is 1.90. The molecule has 0 aromatic heterocycles. The fraction of sp³-hybridized carbons (Fsp3) is 0.250. The predicted octanol–water partition coefficient (Wildman–Crippen LogP) is 1.90. The van der Waals surface area contributed by atoms with Gasteiger partial charge >= 0.3 is 0 Å². The van der Waals surface area contributed by atoms with Crippen LogP contribution >= 0.6 is 0 Å². The van der Waals surface area contributed by atoms with Gasteiger partial charge in [0.25, 0.3) is 0 Å². The van der Waals surface area contributed by atoms with E-state index in [-0.39, 0.29) is 5.75 Å². The summed E-state index contributed by atoms with van der Waals surface area (Å²) >= 11 is 0. The Hall–Kier alpha value is -1.18. The van der Waals surface area contributed by atoms with E-state index in [1.54, 1.807) is 18.2 Å². The first-order valence-electron chi connectivity index (χ1n) is 3.14. The monoisotopic (exact) mass is 136 g/mol. The van der Waals surface area contributed by atoms with Crippen LogP contribution in [0.3, 0.4) is 0 Å². The van der Waals surface area contributed by atoms with Gasteiger partial charge in [0.15, 0.2) is 5.75 Å². The Kier molecular flexibility index (Phi) is 1.81. The molecule has 0 bridgehead atoms. The van der Waals surface area contributed by atoms with Gasteiger partial charge in [0.1, 0.15) is 0 Å². The Balaban J connectivity index is 2.96. The Morgan fingerprint density at radius 3 is 2.40 bits per heavy atom. The van der Waals surface area contributed by atoms with Gasteiger partial charge in [-0.05, 0) is 12.1 Å². The smallest absolute Gasteiger partial charge is 0.180 e. The van der Waals surface area contributed by atoms with Gasteiger partial charge in [-0.1, -0.05) is 6.07 Å². The van der Waals surface area contributed by atoms with Gasteiger partial charge in [-0.15, -0.1) is 0 Å². The maximum Gasteiger partial charge on any atom is 0.180 e. The van der Waals surface area contributed by atoms with Crippen molar-refractivity contribution in [3.63, 3.8) is 0 Å². The second-order valence-electron chi connectivity index (χ2n) is 2.39. The SMILES string of the molecule is CN(C)c1cccc([O])c1. The minimum atomic E-state index is 0.0613. The molecule has 1 aromatic carbocycles. The van der Waals surface area contributed by atoms with Gasteiger partial charge in [-0.25, -0.2) is 0 Å². The van der Waals surface area contributed by atoms with E-state index in [4.69, 9.17) is 0 Å². The molecule has 0 aliphatic carbocycles. The van der Waals surface area contributed by atoms with Gasteiger partial charge in [0.05, 0.1) is 0 Å². The molecule has 0 saturated carbocycles. The molecule has 10 heavy (non-hydrogen) atoms. The van der Waals surface area contributed by atoms with E-state index in [1.807, 2.05) is 25.1 Å². The van der Waals surface area contributed by atoms with Crippen LogP contribution in [0.5, 0.6) is 5.75 Å². The first-order valence-corrected chi connectivity index (χ1v) is 3.14. The Labute approximate surface area is 60.7 Å². The molecule has 0 aliphatic rings. The van der Waals surface area contributed by atoms with Crippen LogP contribution in [-0.4, -0.2) is 14.1 Å². The molecule has 1 radical (unpaired) electrons. The van der Waals surface area contributed by atoms with E-state index < -0.39 is 0 Å². The summed E-state index contributed by atoms with van der Waals surface area (Å²) in [6.45, 7) is 0. The first kappa shape index (κ1) is 6.93. The fourth-order valence-corrected chi connectivity index (χ4v) is 0.762. The second kappa shape index (κ2) is 2.60. The van der Waals surface area contributed by atoms with Crippen LogP contribution in [0.25, 0.3) is 0 Å². The molecular weight excluding hydrogens is 126 g/mol. The largest absolute Gasteiger partial charge is 0.378 e. The molecule has 0 fully saturated rings. The number of hydrogen-bond donors (Lipinski definition) is 0. The topological polar surface area (TPSA) is 23.1 Å². The van der Waals surface area contributed by atoms with Crippen LogP contribution in [0, 0.1) is 0 Å². The minimum Gasteiger partial charge on any atom is -0.378 e. The summed E-state index contributed by atoms with van der Waals surface area (Å²) in [6, 6.07) is 6.83. The molecule has 1 rings (SSSR count). The summed E-state index contributed by atoms with van der Waals surface area (Å²) in [7, 11) is 3.82. The number of rotatable bonds is 1. The predicted molar refractivity (Wildman–Crippen MR) is 40.9 cm³/mol. The normalized spacial score (nSPS) is 9.40. The van der Waals surface area contributed by atoms with Crippen molar-refractivity contribution in [2.45, 2.75) is 0 Å². The van der Waals surface area contributed by atoms with Crippen molar-refractivity contribution in [2.24, 2.45) is 0 Å². The van der Waals surface area contributed by atoms with E-state index in [0.717, 1.165) is 5.69 Å². The van der Waals surface area contributed by atoms with Crippen molar-refractivity contribution >= 4 is 5.69 Å². The molecule has 0 unspecified atom stereocenters. The highest BCUT2D eigenvalue weighted by molar-refractivity contribution is 5.48. The molecule has 0 spiro atoms. The van der Waals surface area contributed by atoms with Crippen molar-refractivity contribution in [1.82, 2.24) is 0 Å². The van der Waals surface area contributed by atoms with E-state index in [2.05, 4.69) is 0 Å². The van der Waals surface area contributed by atoms with Crippen molar-refractivity contribution in [2.75, 3.05) is 19.0 Å². The quantitative estimate of drug-likeness (QED) is 0.578. The van der Waals surface area contributed by atoms with Gasteiger partial charge in [0, 0.05) is 25.8 Å². The lowest BCUT2D eigenvalue weighted by Gasteiger charge is -2.10. The molecule has 0 amide bonds. The highest BCUT2D eigenvalue weighted by atomic mass is 16.3. The maximum atomic E-state index is 10.8. The van der Waals surface area contributed by atoms with Crippen molar-refractivity contribution in [3.05, 3.63) is 24.3 Å². The van der Waals surface area contributed by atoms with Crippen LogP contribution in [-0.2, 0) is 5.11 Å². The van der Waals surface area contributed by atoms with Crippen molar-refractivity contribution in [3.8, 4) is 5.75 Å². The van der Waals surface area contributed by atoms with Crippen molar-refractivity contribution in [1.29, 1.82) is 0 Å². The second-order valence-corrected chi connectivity index (χ2v) is 2.39. The van der Waals surface area contributed by atoms with Crippen LogP contribution in [0.2, 0.25) is 0 Å². The molecule has 0 aliphatic heterocycles. The average molecular weight is 136 g/mol. The maximum absolute atomic E-state index is 10.8. The van der Waals surface area contributed by atoms with Crippen LogP contribution in [0.4, 0.5) is 5.69 Å². The third-order valence-electron chi connectivity index (χ3n) is 1.33. The zero-order valence-corrected chi connectivity index (χ0v) is 6.16. The third-order valence-corrected chi connectivity index (χ3v) is 1.33. The number of benzene rings is 1. The van der Waals surface area contributed by atoms with E-state index in [0.29, 0.717) is 0 Å². The summed E-state index contributed by atoms with van der Waals surface area (Å²) in [5.41, 5.74) is 0.951. The van der Waals surface area contributed by atoms with Gasteiger partial charge in [-0.3, -0.25) is 5.11 Å². The van der Waals surface area contributed by atoms with E-state index in [9.17, 15) is 5.11 Å². The number of anilines is 1. The molecule has 0 atom stereocenters. The summed E-state index contributed by atoms with van der Waals surface area (Å²) in [5.74, 6) is 0.0613. The van der Waals surface area contributed by atoms with Gasteiger partial charge in [-0.2, -0.15) is 0 Å². The Morgan fingerprint density at radius 2 is 2.00 bits per heavy atom. The van der Waals surface area contributed by atoms with Crippen LogP contribution in [0.1, 0.15) is 0 Å². The third kappa shape index (κ3) is 1.41. The zero-order chi connectivity index (χ0) is 7.56. The Bertz CT molecular complexity index is 220. The molecule has 0 N–H and O–H groups in total. The minimum absolute atomic E-state index is 0.0613. The lowest BCUT2D eigenvalue weighted by Crippen LogP contribution is -2.07. The highest BCUT2D eigenvalue weighted by Crippen LogP contribution is 2.17. The molecular formula is C8H10NO. The zero-order valence-electron chi connectivity index (χ0n) is 6.16. The van der Waals surface area contributed by atoms with Crippen molar-refractivity contribution < 1.29 is 5.11 Å². The molecule has 1 aromatic rings. The first-order chi connectivity index (χ1) is 4.70. The lowest BCUT2D eigenvalue weighted by molar-refractivity contribution is 0.355. The molecule has 2 heteroatoms. The molecule has 53 valence electrons. The molecule has 0 saturated heterocycles. The molecule has 0 heterocycles. The van der Waals surface area contributed by atoms with Gasteiger partial charge < -0.3 is 4.90 Å². The van der Waals surface area contributed by atoms with Gasteiger partial charge in [0.2, 0.25) is 0 Å². The lowest BCUT2D eigenvalue weighted by atomic mass is 10.3. The number of hydrogen-bond acceptors (Lipinski definition) is 1. The summed E-state index contributed by atoms with van der Waals surface area (Å²) < 4.78 is 0. The fourth-order valence-electron chi connectivity index (χ4n) is 0.762. The van der Waals surface area contributed by atoms with E-state index in [1.165, 1.54) is 0 Å².